The molecule has 0 spiro atoms. The van der Waals surface area contributed by atoms with E-state index >= 15 is 0 Å². The van der Waals surface area contributed by atoms with Crippen molar-refractivity contribution in [3.05, 3.63) is 59.2 Å². The van der Waals surface area contributed by atoms with E-state index in [0.29, 0.717) is 17.7 Å². The Kier molecular flexibility index (Phi) is 8.81. The number of carbonyl (C=O) groups excluding carboxylic acids is 1. The van der Waals surface area contributed by atoms with Crippen LogP contribution in [0.25, 0.3) is 11.1 Å². The summed E-state index contributed by atoms with van der Waals surface area (Å²) in [6, 6.07) is 16.0. The zero-order valence-electron chi connectivity index (χ0n) is 19.6. The fourth-order valence-corrected chi connectivity index (χ4v) is 4.05. The van der Waals surface area contributed by atoms with Crippen LogP contribution in [-0.4, -0.2) is 81.0 Å². The molecule has 0 radical (unpaired) electrons. The second kappa shape index (κ2) is 11.8. The van der Waals surface area contributed by atoms with Gasteiger partial charge in [0.05, 0.1) is 11.6 Å². The van der Waals surface area contributed by atoms with E-state index in [1.54, 1.807) is 0 Å². The van der Waals surface area contributed by atoms with Crippen LogP contribution < -0.4 is 5.32 Å². The lowest BCUT2D eigenvalue weighted by molar-refractivity contribution is 0.0952. The summed E-state index contributed by atoms with van der Waals surface area (Å²) in [5.74, 6) is -0.0609. The van der Waals surface area contributed by atoms with Crippen LogP contribution in [0.4, 0.5) is 0 Å². The van der Waals surface area contributed by atoms with Gasteiger partial charge in [-0.15, -0.1) is 0 Å². The van der Waals surface area contributed by atoms with E-state index in [4.69, 9.17) is 0 Å². The highest BCUT2D eigenvalue weighted by Crippen LogP contribution is 2.25. The molecule has 0 bridgehead atoms. The Morgan fingerprint density at radius 1 is 1.09 bits per heavy atom. The first kappa shape index (κ1) is 23.9. The van der Waals surface area contributed by atoms with Crippen molar-refractivity contribution >= 4 is 5.91 Å². The Bertz CT molecular complexity index is 932. The molecule has 1 saturated heterocycles. The summed E-state index contributed by atoms with van der Waals surface area (Å²) >= 11 is 0. The molecule has 2 aromatic rings. The third-order valence-electron chi connectivity index (χ3n) is 5.95. The Balaban J connectivity index is 1.64. The standard InChI is InChI=1S/C26H35N5O/c1-29(2)13-4-12-28-26(32)23-9-7-22(8-10-23)25-11-6-21(18-24(25)19-27)20-31-15-5-14-30(3)16-17-31/h6-11,18H,4-5,12-17,20H2,1-3H3,(H,28,32). The maximum Gasteiger partial charge on any atom is 0.251 e. The highest BCUT2D eigenvalue weighted by Gasteiger charge is 2.14. The van der Waals surface area contributed by atoms with E-state index in [2.05, 4.69) is 39.2 Å². The molecule has 1 aliphatic heterocycles. The Morgan fingerprint density at radius 3 is 2.59 bits per heavy atom. The van der Waals surface area contributed by atoms with Crippen molar-refractivity contribution in [3.63, 3.8) is 0 Å². The van der Waals surface area contributed by atoms with Gasteiger partial charge in [-0.05, 0) is 88.5 Å². The molecule has 6 heteroatoms. The minimum absolute atomic E-state index is 0.0609. The lowest BCUT2D eigenvalue weighted by Crippen LogP contribution is -2.28. The second-order valence-electron chi connectivity index (χ2n) is 8.91. The summed E-state index contributed by atoms with van der Waals surface area (Å²) < 4.78 is 0. The maximum absolute atomic E-state index is 12.4. The second-order valence-corrected chi connectivity index (χ2v) is 8.91. The monoisotopic (exact) mass is 433 g/mol. The number of nitriles is 1. The molecule has 0 unspecified atom stereocenters. The van der Waals surface area contributed by atoms with Crippen LogP contribution in [0.2, 0.25) is 0 Å². The molecule has 1 heterocycles. The number of hydrogen-bond donors (Lipinski definition) is 1. The van der Waals surface area contributed by atoms with Crippen molar-refractivity contribution in [2.45, 2.75) is 19.4 Å². The number of likely N-dealkylation sites (N-methyl/N-ethyl adjacent to an activating group) is 1. The predicted octanol–water partition coefficient (Wildman–Crippen LogP) is 3.04. The topological polar surface area (TPSA) is 62.6 Å². The highest BCUT2D eigenvalue weighted by atomic mass is 16.1. The van der Waals surface area contributed by atoms with Crippen LogP contribution in [0, 0.1) is 11.3 Å². The van der Waals surface area contributed by atoms with E-state index in [1.165, 1.54) is 12.0 Å². The van der Waals surface area contributed by atoms with Gasteiger partial charge in [-0.3, -0.25) is 9.69 Å². The van der Waals surface area contributed by atoms with Gasteiger partial charge in [0.15, 0.2) is 0 Å². The number of benzene rings is 2. The van der Waals surface area contributed by atoms with Crippen molar-refractivity contribution in [2.75, 3.05) is 60.4 Å². The number of hydrogen-bond acceptors (Lipinski definition) is 5. The van der Waals surface area contributed by atoms with Gasteiger partial charge in [0.1, 0.15) is 0 Å². The normalized spacial score (nSPS) is 15.3. The average Bonchev–Trinajstić information content (AvgIpc) is 3.00. The predicted molar refractivity (Wildman–Crippen MR) is 129 cm³/mol. The smallest absolute Gasteiger partial charge is 0.251 e. The fourth-order valence-electron chi connectivity index (χ4n) is 4.05. The molecule has 1 amide bonds. The van der Waals surface area contributed by atoms with Gasteiger partial charge in [0.25, 0.3) is 5.91 Å². The molecule has 1 N–H and O–H groups in total. The van der Waals surface area contributed by atoms with Gasteiger partial charge in [-0.25, -0.2) is 0 Å². The minimum atomic E-state index is -0.0609. The number of nitrogens with zero attached hydrogens (tertiary/aromatic N) is 4. The van der Waals surface area contributed by atoms with E-state index in [1.807, 2.05) is 50.5 Å². The number of amides is 1. The summed E-state index contributed by atoms with van der Waals surface area (Å²) in [4.78, 5) is 19.3. The molecular weight excluding hydrogens is 398 g/mol. The van der Waals surface area contributed by atoms with Gasteiger partial charge in [0.2, 0.25) is 0 Å². The molecule has 0 saturated carbocycles. The Hall–Kier alpha value is -2.72. The van der Waals surface area contributed by atoms with Crippen molar-refractivity contribution < 1.29 is 4.79 Å². The first-order chi connectivity index (χ1) is 15.5. The van der Waals surface area contributed by atoms with Gasteiger partial charge >= 0.3 is 0 Å². The van der Waals surface area contributed by atoms with Crippen molar-refractivity contribution in [1.82, 2.24) is 20.0 Å². The Labute approximate surface area is 192 Å². The van der Waals surface area contributed by atoms with E-state index in [0.717, 1.165) is 56.8 Å². The van der Waals surface area contributed by atoms with Gasteiger partial charge in [-0.1, -0.05) is 24.3 Å². The van der Waals surface area contributed by atoms with E-state index < -0.39 is 0 Å². The molecule has 0 aromatic heterocycles. The molecule has 0 atom stereocenters. The SMILES string of the molecule is CN(C)CCCNC(=O)c1ccc(-c2ccc(CN3CCCN(C)CC3)cc2C#N)cc1. The minimum Gasteiger partial charge on any atom is -0.352 e. The molecule has 170 valence electrons. The lowest BCUT2D eigenvalue weighted by Gasteiger charge is -2.20. The maximum atomic E-state index is 12.4. The van der Waals surface area contributed by atoms with Gasteiger partial charge < -0.3 is 15.1 Å². The van der Waals surface area contributed by atoms with Crippen molar-refractivity contribution in [2.24, 2.45) is 0 Å². The molecule has 3 rings (SSSR count). The van der Waals surface area contributed by atoms with Crippen LogP contribution in [0.5, 0.6) is 0 Å². The average molecular weight is 434 g/mol. The van der Waals surface area contributed by atoms with Gasteiger partial charge in [0, 0.05) is 31.7 Å². The fraction of sp³-hybridized carbons (Fsp3) is 0.462. The molecule has 32 heavy (non-hydrogen) atoms. The first-order valence-corrected chi connectivity index (χ1v) is 11.4. The molecule has 1 aliphatic rings. The van der Waals surface area contributed by atoms with Crippen LogP contribution in [0.15, 0.2) is 42.5 Å². The van der Waals surface area contributed by atoms with Crippen LogP contribution in [-0.2, 0) is 6.54 Å². The summed E-state index contributed by atoms with van der Waals surface area (Å²) in [5.41, 5.74) is 4.34. The van der Waals surface area contributed by atoms with Gasteiger partial charge in [-0.2, -0.15) is 5.26 Å². The third kappa shape index (κ3) is 6.89. The number of nitrogens with one attached hydrogen (secondary N) is 1. The lowest BCUT2D eigenvalue weighted by atomic mass is 9.97. The molecular formula is C26H35N5O. The highest BCUT2D eigenvalue weighted by molar-refractivity contribution is 5.94. The largest absolute Gasteiger partial charge is 0.352 e. The number of carbonyl (C=O) groups is 1. The van der Waals surface area contributed by atoms with E-state index in [-0.39, 0.29) is 5.91 Å². The molecule has 2 aromatic carbocycles. The first-order valence-electron chi connectivity index (χ1n) is 11.4. The van der Waals surface area contributed by atoms with Crippen LogP contribution in [0.3, 0.4) is 0 Å². The summed E-state index contributed by atoms with van der Waals surface area (Å²) in [6.07, 6.45) is 2.10. The van der Waals surface area contributed by atoms with E-state index in [9.17, 15) is 10.1 Å². The van der Waals surface area contributed by atoms with Crippen LogP contribution in [0.1, 0.15) is 34.3 Å². The van der Waals surface area contributed by atoms with Crippen molar-refractivity contribution in [1.29, 1.82) is 5.26 Å². The third-order valence-corrected chi connectivity index (χ3v) is 5.95. The quantitative estimate of drug-likeness (QED) is 0.649. The summed E-state index contributed by atoms with van der Waals surface area (Å²) in [5, 5.41) is 12.7. The number of rotatable bonds is 8. The van der Waals surface area contributed by atoms with Crippen LogP contribution >= 0.6 is 0 Å². The summed E-state index contributed by atoms with van der Waals surface area (Å²) in [7, 11) is 6.22. The molecule has 1 fully saturated rings. The summed E-state index contributed by atoms with van der Waals surface area (Å²) in [6.45, 7) is 6.84. The molecule has 0 aliphatic carbocycles. The Morgan fingerprint density at radius 2 is 1.88 bits per heavy atom. The zero-order valence-corrected chi connectivity index (χ0v) is 19.6. The molecule has 6 nitrogen and oxygen atoms in total. The zero-order chi connectivity index (χ0) is 22.9. The van der Waals surface area contributed by atoms with Crippen molar-refractivity contribution in [3.8, 4) is 17.2 Å².